The van der Waals surface area contributed by atoms with Crippen LogP contribution in [-0.4, -0.2) is 9.78 Å². The highest BCUT2D eigenvalue weighted by atomic mass is 15.3. The second kappa shape index (κ2) is 4.94. The molecule has 18 heavy (non-hydrogen) atoms. The summed E-state index contributed by atoms with van der Waals surface area (Å²) in [6.45, 7) is 9.94. The predicted octanol–water partition coefficient (Wildman–Crippen LogP) is 2.95. The molecule has 0 aliphatic rings. The van der Waals surface area contributed by atoms with E-state index in [1.807, 2.05) is 0 Å². The second-order valence-electron chi connectivity index (χ2n) is 4.71. The summed E-state index contributed by atoms with van der Waals surface area (Å²) < 4.78 is 2.05. The summed E-state index contributed by atoms with van der Waals surface area (Å²) in [6.07, 6.45) is 0. The van der Waals surface area contributed by atoms with Crippen molar-refractivity contribution in [2.45, 2.75) is 40.8 Å². The van der Waals surface area contributed by atoms with Gasteiger partial charge in [-0.2, -0.15) is 5.10 Å². The fourth-order valence-electron chi connectivity index (χ4n) is 2.46. The van der Waals surface area contributed by atoms with Crippen molar-refractivity contribution in [3.63, 3.8) is 0 Å². The Hall–Kier alpha value is -1.61. The van der Waals surface area contributed by atoms with E-state index in [0.717, 1.165) is 12.2 Å². The predicted molar refractivity (Wildman–Crippen MR) is 75.4 cm³/mol. The molecule has 2 aromatic rings. The van der Waals surface area contributed by atoms with Crippen LogP contribution in [0.4, 0.5) is 0 Å². The first-order valence-electron chi connectivity index (χ1n) is 6.42. The smallest absolute Gasteiger partial charge is 0.0675 e. The first kappa shape index (κ1) is 12.8. The van der Waals surface area contributed by atoms with Crippen LogP contribution in [-0.2, 0) is 13.1 Å². The van der Waals surface area contributed by atoms with E-state index in [-0.39, 0.29) is 0 Å². The molecule has 0 unspecified atom stereocenters. The molecule has 0 fully saturated rings. The highest BCUT2D eigenvalue weighted by Crippen LogP contribution is 2.30. The van der Waals surface area contributed by atoms with Crippen LogP contribution in [0.25, 0.3) is 11.1 Å². The molecule has 0 amide bonds. The minimum absolute atomic E-state index is 0.577. The van der Waals surface area contributed by atoms with Crippen molar-refractivity contribution in [2.24, 2.45) is 5.73 Å². The first-order chi connectivity index (χ1) is 8.58. The number of rotatable bonds is 3. The largest absolute Gasteiger partial charge is 0.326 e. The summed E-state index contributed by atoms with van der Waals surface area (Å²) in [7, 11) is 0. The lowest BCUT2D eigenvalue weighted by Gasteiger charge is -2.09. The molecule has 3 nitrogen and oxygen atoms in total. The Labute approximate surface area is 109 Å². The Bertz CT molecular complexity index is 567. The molecule has 1 heterocycles. The molecule has 0 spiro atoms. The molecule has 0 radical (unpaired) electrons. The maximum absolute atomic E-state index is 5.73. The van der Waals surface area contributed by atoms with Gasteiger partial charge in [0.2, 0.25) is 0 Å². The maximum atomic E-state index is 5.73. The van der Waals surface area contributed by atoms with Crippen molar-refractivity contribution in [3.05, 3.63) is 40.7 Å². The number of hydrogen-bond acceptors (Lipinski definition) is 2. The lowest BCUT2D eigenvalue weighted by atomic mass is 9.96. The molecule has 3 heteroatoms. The third-order valence-corrected chi connectivity index (χ3v) is 3.49. The van der Waals surface area contributed by atoms with Crippen molar-refractivity contribution < 1.29 is 0 Å². The van der Waals surface area contributed by atoms with Crippen LogP contribution in [0.15, 0.2) is 18.2 Å². The van der Waals surface area contributed by atoms with E-state index in [4.69, 9.17) is 5.73 Å². The van der Waals surface area contributed by atoms with Crippen LogP contribution in [0.1, 0.15) is 29.4 Å². The zero-order chi connectivity index (χ0) is 13.3. The zero-order valence-electron chi connectivity index (χ0n) is 11.6. The summed E-state index contributed by atoms with van der Waals surface area (Å²) >= 11 is 0. The number of nitrogens with two attached hydrogens (primary N) is 1. The van der Waals surface area contributed by atoms with Gasteiger partial charge < -0.3 is 5.73 Å². The number of benzene rings is 1. The summed E-state index contributed by atoms with van der Waals surface area (Å²) in [5, 5.41) is 4.59. The number of aromatic nitrogens is 2. The van der Waals surface area contributed by atoms with E-state index in [2.05, 4.69) is 55.7 Å². The topological polar surface area (TPSA) is 43.8 Å². The van der Waals surface area contributed by atoms with Crippen LogP contribution >= 0.6 is 0 Å². The number of hydrogen-bond donors (Lipinski definition) is 1. The van der Waals surface area contributed by atoms with Gasteiger partial charge >= 0.3 is 0 Å². The Balaban J connectivity index is 2.64. The van der Waals surface area contributed by atoms with E-state index in [0.29, 0.717) is 6.54 Å². The fourth-order valence-corrected chi connectivity index (χ4v) is 2.46. The maximum Gasteiger partial charge on any atom is 0.0675 e. The molecule has 1 aromatic heterocycles. The highest BCUT2D eigenvalue weighted by molar-refractivity contribution is 5.72. The molecule has 2 N–H and O–H groups in total. The first-order valence-corrected chi connectivity index (χ1v) is 6.42. The SMILES string of the molecule is CCn1nc(C)c(-c2cc(CN)ccc2C)c1C. The molecule has 0 aliphatic heterocycles. The standard InChI is InChI=1S/C15H21N3/c1-5-18-12(4)15(11(3)17-18)14-8-13(9-16)7-6-10(14)2/h6-8H,5,9,16H2,1-4H3. The van der Waals surface area contributed by atoms with Crippen LogP contribution < -0.4 is 5.73 Å². The minimum atomic E-state index is 0.577. The Morgan fingerprint density at radius 2 is 1.94 bits per heavy atom. The molecule has 1 aromatic carbocycles. The van der Waals surface area contributed by atoms with Crippen LogP contribution in [0, 0.1) is 20.8 Å². The van der Waals surface area contributed by atoms with E-state index in [1.165, 1.54) is 27.9 Å². The van der Waals surface area contributed by atoms with Gasteiger partial charge in [-0.05, 0) is 50.5 Å². The van der Waals surface area contributed by atoms with Crippen molar-refractivity contribution >= 4 is 0 Å². The van der Waals surface area contributed by atoms with Gasteiger partial charge in [0.25, 0.3) is 0 Å². The molecule has 0 bridgehead atoms. The summed E-state index contributed by atoms with van der Waals surface area (Å²) in [6, 6.07) is 6.42. The Morgan fingerprint density at radius 3 is 2.50 bits per heavy atom. The Morgan fingerprint density at radius 1 is 1.22 bits per heavy atom. The molecular formula is C15H21N3. The van der Waals surface area contributed by atoms with Gasteiger partial charge in [-0.3, -0.25) is 4.68 Å². The quantitative estimate of drug-likeness (QED) is 0.900. The van der Waals surface area contributed by atoms with Crippen molar-refractivity contribution in [3.8, 4) is 11.1 Å². The third-order valence-electron chi connectivity index (χ3n) is 3.49. The number of aryl methyl sites for hydroxylation is 3. The molecule has 0 saturated heterocycles. The minimum Gasteiger partial charge on any atom is -0.326 e. The van der Waals surface area contributed by atoms with Gasteiger partial charge in [-0.15, -0.1) is 0 Å². The average molecular weight is 243 g/mol. The molecule has 2 rings (SSSR count). The summed E-state index contributed by atoms with van der Waals surface area (Å²) in [5.74, 6) is 0. The van der Waals surface area contributed by atoms with Crippen LogP contribution in [0.5, 0.6) is 0 Å². The monoisotopic (exact) mass is 243 g/mol. The van der Waals surface area contributed by atoms with Crippen molar-refractivity contribution in [2.75, 3.05) is 0 Å². The van der Waals surface area contributed by atoms with Gasteiger partial charge in [0, 0.05) is 24.3 Å². The molecule has 0 aliphatic carbocycles. The Kier molecular flexibility index (Phi) is 3.53. The van der Waals surface area contributed by atoms with E-state index in [1.54, 1.807) is 0 Å². The lowest BCUT2D eigenvalue weighted by molar-refractivity contribution is 0.634. The normalized spacial score (nSPS) is 10.9. The highest BCUT2D eigenvalue weighted by Gasteiger charge is 2.14. The molecule has 96 valence electrons. The van der Waals surface area contributed by atoms with E-state index >= 15 is 0 Å². The van der Waals surface area contributed by atoms with Gasteiger partial charge in [0.15, 0.2) is 0 Å². The van der Waals surface area contributed by atoms with Gasteiger partial charge in [-0.25, -0.2) is 0 Å². The third kappa shape index (κ3) is 2.06. The average Bonchev–Trinajstić information content (AvgIpc) is 2.65. The van der Waals surface area contributed by atoms with Crippen molar-refractivity contribution in [1.29, 1.82) is 0 Å². The summed E-state index contributed by atoms with van der Waals surface area (Å²) in [5.41, 5.74) is 13.0. The zero-order valence-corrected chi connectivity index (χ0v) is 11.6. The molecule has 0 atom stereocenters. The van der Waals surface area contributed by atoms with Crippen molar-refractivity contribution in [1.82, 2.24) is 9.78 Å². The van der Waals surface area contributed by atoms with Crippen LogP contribution in [0.2, 0.25) is 0 Å². The van der Waals surface area contributed by atoms with Gasteiger partial charge in [0.1, 0.15) is 0 Å². The van der Waals surface area contributed by atoms with Gasteiger partial charge in [-0.1, -0.05) is 12.1 Å². The molecule has 0 saturated carbocycles. The molecular weight excluding hydrogens is 222 g/mol. The number of nitrogens with zero attached hydrogens (tertiary/aromatic N) is 2. The van der Waals surface area contributed by atoms with E-state index < -0.39 is 0 Å². The fraction of sp³-hybridized carbons (Fsp3) is 0.400. The van der Waals surface area contributed by atoms with Crippen LogP contribution in [0.3, 0.4) is 0 Å². The van der Waals surface area contributed by atoms with Gasteiger partial charge in [0.05, 0.1) is 5.69 Å². The van der Waals surface area contributed by atoms with E-state index in [9.17, 15) is 0 Å². The lowest BCUT2D eigenvalue weighted by Crippen LogP contribution is -1.99. The second-order valence-corrected chi connectivity index (χ2v) is 4.71. The summed E-state index contributed by atoms with van der Waals surface area (Å²) in [4.78, 5) is 0.